The highest BCUT2D eigenvalue weighted by Crippen LogP contribution is 2.04. The monoisotopic (exact) mass is 290 g/mol. The Hall–Kier alpha value is -3.24. The summed E-state index contributed by atoms with van der Waals surface area (Å²) in [5.41, 5.74) is 2.08. The largest absolute Gasteiger partial charge is 0.445 e. The summed E-state index contributed by atoms with van der Waals surface area (Å²) >= 11 is 0. The minimum absolute atomic E-state index is 0.160. The van der Waals surface area contributed by atoms with Crippen LogP contribution in [-0.4, -0.2) is 12.6 Å². The number of carbonyl (C=O) groups excluding carboxylic acids is 1. The Bertz CT molecular complexity index is 737. The number of carbonyl (C=O) groups is 1. The van der Waals surface area contributed by atoms with E-state index >= 15 is 0 Å². The van der Waals surface area contributed by atoms with Crippen molar-refractivity contribution < 1.29 is 9.53 Å². The van der Waals surface area contributed by atoms with Crippen LogP contribution in [0.3, 0.4) is 0 Å². The first-order valence-corrected chi connectivity index (χ1v) is 6.72. The number of nitrogens with zero attached hydrogens (tertiary/aromatic N) is 1. The number of ether oxygens (including phenoxy) is 1. The predicted molar refractivity (Wildman–Crippen MR) is 82.7 cm³/mol. The highest BCUT2D eigenvalue weighted by Gasteiger charge is 2.00. The van der Waals surface area contributed by atoms with E-state index in [0.717, 1.165) is 5.56 Å². The second-order valence-corrected chi connectivity index (χ2v) is 4.37. The fourth-order valence-corrected chi connectivity index (χ4v) is 1.72. The molecule has 0 aliphatic carbocycles. The summed E-state index contributed by atoms with van der Waals surface area (Å²) < 4.78 is 5.06. The van der Waals surface area contributed by atoms with Crippen LogP contribution >= 0.6 is 0 Å². The number of nitrogens with one attached hydrogen (secondary N) is 1. The Labute approximate surface area is 129 Å². The second-order valence-electron chi connectivity index (χ2n) is 4.37. The van der Waals surface area contributed by atoms with E-state index in [0.29, 0.717) is 11.1 Å². The van der Waals surface area contributed by atoms with Crippen molar-refractivity contribution in [2.24, 2.45) is 0 Å². The normalized spacial score (nSPS) is 9.05. The zero-order chi connectivity index (χ0) is 15.6. The van der Waals surface area contributed by atoms with E-state index in [1.807, 2.05) is 36.4 Å². The summed E-state index contributed by atoms with van der Waals surface area (Å²) in [5, 5.41) is 11.5. The van der Waals surface area contributed by atoms with Crippen LogP contribution in [0.2, 0.25) is 0 Å². The Morgan fingerprint density at radius 2 is 1.73 bits per heavy atom. The topological polar surface area (TPSA) is 62.1 Å². The van der Waals surface area contributed by atoms with Gasteiger partial charge in [-0.1, -0.05) is 54.3 Å². The van der Waals surface area contributed by atoms with E-state index in [2.05, 4.69) is 23.2 Å². The van der Waals surface area contributed by atoms with Crippen LogP contribution in [0.1, 0.15) is 16.7 Å². The number of hydrogen-bond donors (Lipinski definition) is 1. The van der Waals surface area contributed by atoms with E-state index in [4.69, 9.17) is 10.00 Å². The molecule has 0 saturated carbocycles. The Morgan fingerprint density at radius 1 is 1.05 bits per heavy atom. The first-order valence-electron chi connectivity index (χ1n) is 6.72. The molecule has 0 aromatic heterocycles. The number of rotatable bonds is 3. The summed E-state index contributed by atoms with van der Waals surface area (Å²) in [4.78, 5) is 11.5. The average Bonchev–Trinajstić information content (AvgIpc) is 2.58. The van der Waals surface area contributed by atoms with E-state index < -0.39 is 6.09 Å². The van der Waals surface area contributed by atoms with Gasteiger partial charge < -0.3 is 10.1 Å². The van der Waals surface area contributed by atoms with Crippen LogP contribution < -0.4 is 5.32 Å². The molecule has 0 atom stereocenters. The molecule has 4 heteroatoms. The minimum atomic E-state index is -0.522. The molecule has 4 nitrogen and oxygen atoms in total. The van der Waals surface area contributed by atoms with Crippen molar-refractivity contribution in [3.8, 4) is 17.9 Å². The van der Waals surface area contributed by atoms with Gasteiger partial charge in [-0.2, -0.15) is 5.26 Å². The lowest BCUT2D eigenvalue weighted by Gasteiger charge is -2.04. The summed E-state index contributed by atoms with van der Waals surface area (Å²) in [6, 6.07) is 18.6. The zero-order valence-corrected chi connectivity index (χ0v) is 11.9. The number of benzene rings is 2. The van der Waals surface area contributed by atoms with Crippen LogP contribution in [0.25, 0.3) is 0 Å². The quantitative estimate of drug-likeness (QED) is 0.884. The summed E-state index contributed by atoms with van der Waals surface area (Å²) in [7, 11) is 0. The van der Waals surface area contributed by atoms with Crippen LogP contribution in [-0.2, 0) is 11.3 Å². The predicted octanol–water partition coefficient (Wildman–Crippen LogP) is 2.84. The maximum Gasteiger partial charge on any atom is 0.408 e. The lowest BCUT2D eigenvalue weighted by Crippen LogP contribution is -2.24. The van der Waals surface area contributed by atoms with Gasteiger partial charge in [0.15, 0.2) is 0 Å². The zero-order valence-electron chi connectivity index (χ0n) is 11.9. The second kappa shape index (κ2) is 8.14. The lowest BCUT2D eigenvalue weighted by molar-refractivity contribution is 0.141. The first kappa shape index (κ1) is 15.2. The van der Waals surface area contributed by atoms with E-state index in [9.17, 15) is 4.79 Å². The fraction of sp³-hybridized carbons (Fsp3) is 0.111. The van der Waals surface area contributed by atoms with Gasteiger partial charge in [0.05, 0.1) is 12.1 Å². The van der Waals surface area contributed by atoms with E-state index in [-0.39, 0.29) is 13.2 Å². The molecular formula is C18H14N2O2. The highest BCUT2D eigenvalue weighted by atomic mass is 16.5. The SMILES string of the molecule is N#Cc1ccccc1C#CCNC(=O)OCc1ccccc1. The van der Waals surface area contributed by atoms with Crippen molar-refractivity contribution in [3.63, 3.8) is 0 Å². The van der Waals surface area contributed by atoms with Crippen LogP contribution in [0.4, 0.5) is 4.79 Å². The molecule has 0 spiro atoms. The molecule has 0 heterocycles. The number of alkyl carbamates (subject to hydrolysis) is 1. The molecule has 0 unspecified atom stereocenters. The van der Waals surface area contributed by atoms with Gasteiger partial charge in [-0.3, -0.25) is 0 Å². The van der Waals surface area contributed by atoms with Crippen molar-refractivity contribution in [1.29, 1.82) is 5.26 Å². The third kappa shape index (κ3) is 4.70. The Morgan fingerprint density at radius 3 is 2.45 bits per heavy atom. The Balaban J connectivity index is 1.78. The first-order chi connectivity index (χ1) is 10.8. The van der Waals surface area contributed by atoms with Gasteiger partial charge in [-0.05, 0) is 17.7 Å². The molecule has 0 bridgehead atoms. The summed E-state index contributed by atoms with van der Waals surface area (Å²) in [6.07, 6.45) is -0.522. The maximum atomic E-state index is 11.5. The number of nitriles is 1. The van der Waals surface area contributed by atoms with Gasteiger partial charge in [0.25, 0.3) is 0 Å². The number of amides is 1. The van der Waals surface area contributed by atoms with Gasteiger partial charge in [0.2, 0.25) is 0 Å². The van der Waals surface area contributed by atoms with Gasteiger partial charge in [-0.15, -0.1) is 0 Å². The molecular weight excluding hydrogens is 276 g/mol. The molecule has 0 radical (unpaired) electrons. The number of hydrogen-bond acceptors (Lipinski definition) is 3. The summed E-state index contributed by atoms with van der Waals surface area (Å²) in [6.45, 7) is 0.380. The molecule has 2 rings (SSSR count). The fourth-order valence-electron chi connectivity index (χ4n) is 1.72. The van der Waals surface area contributed by atoms with Crippen molar-refractivity contribution in [3.05, 3.63) is 71.3 Å². The van der Waals surface area contributed by atoms with Gasteiger partial charge in [0.1, 0.15) is 12.7 Å². The van der Waals surface area contributed by atoms with E-state index in [1.165, 1.54) is 0 Å². The maximum absolute atomic E-state index is 11.5. The van der Waals surface area contributed by atoms with Gasteiger partial charge >= 0.3 is 6.09 Å². The molecule has 1 amide bonds. The standard InChI is InChI=1S/C18H14N2O2/c19-13-17-10-5-4-9-16(17)11-6-12-20-18(21)22-14-15-7-2-1-3-8-15/h1-5,7-10H,12,14H2,(H,20,21). The molecule has 0 aliphatic heterocycles. The molecule has 1 N–H and O–H groups in total. The molecule has 2 aromatic rings. The smallest absolute Gasteiger partial charge is 0.408 e. The lowest BCUT2D eigenvalue weighted by atomic mass is 10.1. The van der Waals surface area contributed by atoms with Crippen LogP contribution in [0.15, 0.2) is 54.6 Å². The van der Waals surface area contributed by atoms with Crippen LogP contribution in [0.5, 0.6) is 0 Å². The van der Waals surface area contributed by atoms with Crippen LogP contribution in [0, 0.1) is 23.2 Å². The van der Waals surface area contributed by atoms with Gasteiger partial charge in [-0.25, -0.2) is 4.79 Å². The molecule has 2 aromatic carbocycles. The van der Waals surface area contributed by atoms with Crippen molar-refractivity contribution in [2.45, 2.75) is 6.61 Å². The minimum Gasteiger partial charge on any atom is -0.445 e. The highest BCUT2D eigenvalue weighted by molar-refractivity contribution is 5.67. The Kier molecular flexibility index (Phi) is 5.61. The molecule has 0 aliphatic rings. The van der Waals surface area contributed by atoms with Crippen molar-refractivity contribution >= 4 is 6.09 Å². The van der Waals surface area contributed by atoms with Crippen molar-refractivity contribution in [2.75, 3.05) is 6.54 Å². The molecule has 108 valence electrons. The van der Waals surface area contributed by atoms with Gasteiger partial charge in [0, 0.05) is 5.56 Å². The third-order valence-corrected chi connectivity index (χ3v) is 2.80. The van der Waals surface area contributed by atoms with E-state index in [1.54, 1.807) is 18.2 Å². The summed E-state index contributed by atoms with van der Waals surface area (Å²) in [5.74, 6) is 5.64. The third-order valence-electron chi connectivity index (χ3n) is 2.80. The molecule has 22 heavy (non-hydrogen) atoms. The average molecular weight is 290 g/mol. The molecule has 0 saturated heterocycles. The van der Waals surface area contributed by atoms with Crippen molar-refractivity contribution in [1.82, 2.24) is 5.32 Å². The molecule has 0 fully saturated rings.